The normalized spacial score (nSPS) is 18.1. The third kappa shape index (κ3) is 4.28. The predicted molar refractivity (Wildman–Crippen MR) is 132 cm³/mol. The fraction of sp³-hybridized carbons (Fsp3) is 0.192. The van der Waals surface area contributed by atoms with E-state index in [1.165, 1.54) is 6.07 Å². The zero-order chi connectivity index (χ0) is 24.5. The molecule has 0 N–H and O–H groups in total. The summed E-state index contributed by atoms with van der Waals surface area (Å²) >= 11 is 6.07. The number of ether oxygens (including phenoxy) is 3. The zero-order valence-electron chi connectivity index (χ0n) is 18.9. The molecule has 5 rings (SSSR count). The second-order valence-electron chi connectivity index (χ2n) is 8.11. The van der Waals surface area contributed by atoms with Crippen molar-refractivity contribution in [2.75, 3.05) is 13.7 Å². The Balaban J connectivity index is 1.58. The molecule has 0 saturated heterocycles. The van der Waals surface area contributed by atoms with E-state index in [0.717, 1.165) is 22.4 Å². The smallest absolute Gasteiger partial charge is 0.270 e. The molecule has 0 amide bonds. The van der Waals surface area contributed by atoms with Gasteiger partial charge in [-0.3, -0.25) is 10.1 Å². The SMILES string of the molecule is C=CCOc1ccc([C@@H]2Oc3ccc([N+](=O)[O-])cc3[C@@H]3CC(c4ccc(Cl)cc4)=NN32)cc1OC. The van der Waals surface area contributed by atoms with E-state index in [0.29, 0.717) is 35.3 Å². The van der Waals surface area contributed by atoms with Crippen molar-refractivity contribution in [3.8, 4) is 17.2 Å². The number of fused-ring (bicyclic) bond motifs is 3. The zero-order valence-corrected chi connectivity index (χ0v) is 19.6. The standard InChI is InChI=1S/C26H22ClN3O5/c1-3-12-34-24-10-6-17(13-25(24)33-2)26-29-22(15-21(28-29)16-4-7-18(27)8-5-16)20-14-19(30(31)32)9-11-23(20)35-26/h3-11,13-14,22,26H,1,12,15H2,2H3/t22-,26-/m0/s1. The van der Waals surface area contributed by atoms with Crippen molar-refractivity contribution in [1.29, 1.82) is 0 Å². The highest BCUT2D eigenvalue weighted by atomic mass is 35.5. The maximum atomic E-state index is 11.4. The lowest BCUT2D eigenvalue weighted by atomic mass is 9.95. The van der Waals surface area contributed by atoms with Crippen LogP contribution in [0.5, 0.6) is 17.2 Å². The number of halogens is 1. The number of nitro benzene ring substituents is 1. The van der Waals surface area contributed by atoms with Gasteiger partial charge in [0.25, 0.3) is 5.69 Å². The first-order valence-electron chi connectivity index (χ1n) is 11.0. The highest BCUT2D eigenvalue weighted by molar-refractivity contribution is 6.30. The number of hydrazone groups is 1. The Hall–Kier alpha value is -4.04. The van der Waals surface area contributed by atoms with Crippen LogP contribution in [0.2, 0.25) is 5.02 Å². The van der Waals surface area contributed by atoms with E-state index in [9.17, 15) is 10.1 Å². The van der Waals surface area contributed by atoms with Gasteiger partial charge in [-0.05, 0) is 42.0 Å². The number of hydrogen-bond donors (Lipinski definition) is 0. The highest BCUT2D eigenvalue weighted by Crippen LogP contribution is 2.49. The van der Waals surface area contributed by atoms with Gasteiger partial charge in [0.15, 0.2) is 11.5 Å². The molecule has 2 aliphatic heterocycles. The number of rotatable bonds is 7. The average molecular weight is 492 g/mol. The molecule has 35 heavy (non-hydrogen) atoms. The van der Waals surface area contributed by atoms with E-state index in [-0.39, 0.29) is 11.7 Å². The molecule has 9 heteroatoms. The van der Waals surface area contributed by atoms with Crippen LogP contribution >= 0.6 is 11.6 Å². The maximum Gasteiger partial charge on any atom is 0.270 e. The average Bonchev–Trinajstić information content (AvgIpc) is 3.32. The van der Waals surface area contributed by atoms with Crippen LogP contribution in [0.25, 0.3) is 0 Å². The third-order valence-electron chi connectivity index (χ3n) is 5.99. The molecule has 178 valence electrons. The Kier molecular flexibility index (Phi) is 6.05. The van der Waals surface area contributed by atoms with Gasteiger partial charge in [-0.2, -0.15) is 5.10 Å². The monoisotopic (exact) mass is 491 g/mol. The molecule has 2 aliphatic rings. The molecule has 0 saturated carbocycles. The van der Waals surface area contributed by atoms with Gasteiger partial charge in [-0.1, -0.05) is 36.4 Å². The first-order chi connectivity index (χ1) is 17.0. The van der Waals surface area contributed by atoms with Crippen LogP contribution in [0, 0.1) is 10.1 Å². The lowest BCUT2D eigenvalue weighted by Crippen LogP contribution is -2.33. The molecule has 0 aliphatic carbocycles. The minimum absolute atomic E-state index is 0.0103. The number of hydrogen-bond acceptors (Lipinski definition) is 7. The van der Waals surface area contributed by atoms with Gasteiger partial charge in [-0.15, -0.1) is 0 Å². The third-order valence-corrected chi connectivity index (χ3v) is 6.24. The second-order valence-corrected chi connectivity index (χ2v) is 8.55. The summed E-state index contributed by atoms with van der Waals surface area (Å²) < 4.78 is 17.6. The van der Waals surface area contributed by atoms with Gasteiger partial charge >= 0.3 is 0 Å². The Labute approximate surface area is 207 Å². The summed E-state index contributed by atoms with van der Waals surface area (Å²) in [5, 5.41) is 18.8. The molecule has 2 heterocycles. The predicted octanol–water partition coefficient (Wildman–Crippen LogP) is 6.06. The van der Waals surface area contributed by atoms with Crippen molar-refractivity contribution < 1.29 is 19.1 Å². The molecule has 0 unspecified atom stereocenters. The molecule has 0 spiro atoms. The molecule has 3 aromatic rings. The summed E-state index contributed by atoms with van der Waals surface area (Å²) in [6.07, 6.45) is 1.66. The van der Waals surface area contributed by atoms with Crippen molar-refractivity contribution in [2.45, 2.75) is 18.7 Å². The van der Waals surface area contributed by atoms with Crippen LogP contribution < -0.4 is 14.2 Å². The van der Waals surface area contributed by atoms with Gasteiger partial charge in [0, 0.05) is 34.7 Å². The molecule has 0 radical (unpaired) electrons. The minimum atomic E-state index is -0.568. The Morgan fingerprint density at radius 3 is 2.71 bits per heavy atom. The van der Waals surface area contributed by atoms with Crippen LogP contribution in [0.4, 0.5) is 5.69 Å². The number of nitro groups is 1. The van der Waals surface area contributed by atoms with Crippen LogP contribution in [0.3, 0.4) is 0 Å². The first kappa shape index (κ1) is 22.7. The van der Waals surface area contributed by atoms with Gasteiger partial charge in [0.1, 0.15) is 12.4 Å². The van der Waals surface area contributed by atoms with E-state index >= 15 is 0 Å². The largest absolute Gasteiger partial charge is 0.493 e. The van der Waals surface area contributed by atoms with Crippen LogP contribution in [-0.2, 0) is 0 Å². The van der Waals surface area contributed by atoms with E-state index in [1.807, 2.05) is 47.5 Å². The summed E-state index contributed by atoms with van der Waals surface area (Å²) in [4.78, 5) is 11.0. The van der Waals surface area contributed by atoms with E-state index in [4.69, 9.17) is 30.9 Å². The molecule has 2 atom stereocenters. The van der Waals surface area contributed by atoms with Crippen molar-refractivity contribution in [1.82, 2.24) is 5.01 Å². The molecular weight excluding hydrogens is 470 g/mol. The molecule has 0 aromatic heterocycles. The van der Waals surface area contributed by atoms with E-state index in [1.54, 1.807) is 25.3 Å². The lowest BCUT2D eigenvalue weighted by molar-refractivity contribution is -0.385. The number of nitrogens with zero attached hydrogens (tertiary/aromatic N) is 3. The van der Waals surface area contributed by atoms with Gasteiger partial charge in [0.05, 0.1) is 23.8 Å². The number of methoxy groups -OCH3 is 1. The number of benzene rings is 3. The van der Waals surface area contributed by atoms with Crippen LogP contribution in [0.1, 0.15) is 35.4 Å². The summed E-state index contributed by atoms with van der Waals surface area (Å²) in [6.45, 7) is 4.03. The Bertz CT molecular complexity index is 1330. The van der Waals surface area contributed by atoms with Crippen molar-refractivity contribution in [3.63, 3.8) is 0 Å². The molecule has 8 nitrogen and oxygen atoms in total. The van der Waals surface area contributed by atoms with Crippen molar-refractivity contribution in [3.05, 3.63) is 105 Å². The Morgan fingerprint density at radius 1 is 1.20 bits per heavy atom. The Morgan fingerprint density at radius 2 is 2.00 bits per heavy atom. The summed E-state index contributed by atoms with van der Waals surface area (Å²) in [5.74, 6) is 1.73. The van der Waals surface area contributed by atoms with Gasteiger partial charge < -0.3 is 14.2 Å². The first-order valence-corrected chi connectivity index (χ1v) is 11.3. The van der Waals surface area contributed by atoms with Crippen LogP contribution in [0.15, 0.2) is 78.4 Å². The maximum absolute atomic E-state index is 11.4. The fourth-order valence-electron chi connectivity index (χ4n) is 4.33. The molecule has 0 fully saturated rings. The van der Waals surface area contributed by atoms with Crippen molar-refractivity contribution in [2.24, 2.45) is 5.10 Å². The van der Waals surface area contributed by atoms with E-state index < -0.39 is 11.2 Å². The molecule has 3 aromatic carbocycles. The summed E-state index contributed by atoms with van der Waals surface area (Å²) in [6, 6.07) is 17.5. The second kappa shape index (κ2) is 9.31. The lowest BCUT2D eigenvalue weighted by Gasteiger charge is -2.38. The van der Waals surface area contributed by atoms with Gasteiger partial charge in [0.2, 0.25) is 6.23 Å². The summed E-state index contributed by atoms with van der Waals surface area (Å²) in [5.41, 5.74) is 3.32. The van der Waals surface area contributed by atoms with Crippen LogP contribution in [-0.4, -0.2) is 29.4 Å². The van der Waals surface area contributed by atoms with E-state index in [2.05, 4.69) is 6.58 Å². The highest BCUT2D eigenvalue weighted by Gasteiger charge is 2.42. The minimum Gasteiger partial charge on any atom is -0.493 e. The van der Waals surface area contributed by atoms with Crippen molar-refractivity contribution >= 4 is 23.0 Å². The summed E-state index contributed by atoms with van der Waals surface area (Å²) in [7, 11) is 1.57. The van der Waals surface area contributed by atoms with Gasteiger partial charge in [-0.25, -0.2) is 5.01 Å². The quantitative estimate of drug-likeness (QED) is 0.227. The topological polar surface area (TPSA) is 86.4 Å². The number of non-ortho nitro benzene ring substituents is 1. The molecular formula is C26H22ClN3O5. The fourth-order valence-corrected chi connectivity index (χ4v) is 4.46. The molecule has 0 bridgehead atoms.